The summed E-state index contributed by atoms with van der Waals surface area (Å²) in [7, 11) is 0. The molecule has 1 aliphatic rings. The Labute approximate surface area is 102 Å². The Balaban J connectivity index is 2.14. The van der Waals surface area contributed by atoms with E-state index in [2.05, 4.69) is 15.4 Å². The Hall–Kier alpha value is -1.76. The van der Waals surface area contributed by atoms with Crippen molar-refractivity contribution >= 4 is 11.3 Å². The van der Waals surface area contributed by atoms with E-state index in [-0.39, 0.29) is 12.4 Å². The first-order valence-electron chi connectivity index (χ1n) is 5.76. The highest BCUT2D eigenvalue weighted by atomic mass is 19.3. The molecule has 1 atom stereocenters. The van der Waals surface area contributed by atoms with Crippen LogP contribution in [0.15, 0.2) is 18.6 Å². The van der Waals surface area contributed by atoms with Crippen molar-refractivity contribution in [2.45, 2.75) is 18.3 Å². The second-order valence-corrected chi connectivity index (χ2v) is 4.49. The van der Waals surface area contributed by atoms with Crippen LogP contribution in [0.25, 0.3) is 5.52 Å². The number of fused-ring (bicyclic) bond motifs is 1. The summed E-state index contributed by atoms with van der Waals surface area (Å²) < 4.78 is 29.4. The first-order chi connectivity index (χ1) is 8.59. The molecule has 3 rings (SSSR count). The lowest BCUT2D eigenvalue weighted by Gasteiger charge is -2.31. The highest BCUT2D eigenvalue weighted by Crippen LogP contribution is 2.40. The largest absolute Gasteiger partial charge is 0.382 e. The molecule has 0 aromatic carbocycles. The quantitative estimate of drug-likeness (QED) is 0.796. The summed E-state index contributed by atoms with van der Waals surface area (Å²) in [4.78, 5) is 3.87. The molecule has 1 unspecified atom stereocenters. The molecule has 18 heavy (non-hydrogen) atoms. The summed E-state index contributed by atoms with van der Waals surface area (Å²) in [5, 5.41) is 6.68. The normalized spacial score (nSPS) is 23.3. The van der Waals surface area contributed by atoms with Gasteiger partial charge in [-0.3, -0.25) is 0 Å². The molecule has 3 N–H and O–H groups in total. The molecule has 2 aromatic rings. The van der Waals surface area contributed by atoms with Crippen molar-refractivity contribution in [2.75, 3.05) is 18.8 Å². The molecule has 1 aliphatic heterocycles. The number of aromatic nitrogens is 3. The van der Waals surface area contributed by atoms with Gasteiger partial charge in [-0.2, -0.15) is 5.10 Å². The molecule has 0 aliphatic carbocycles. The van der Waals surface area contributed by atoms with Gasteiger partial charge in [-0.25, -0.2) is 18.3 Å². The van der Waals surface area contributed by atoms with Crippen LogP contribution in [0.4, 0.5) is 14.6 Å². The second kappa shape index (κ2) is 3.88. The van der Waals surface area contributed by atoms with Gasteiger partial charge in [-0.1, -0.05) is 0 Å². The summed E-state index contributed by atoms with van der Waals surface area (Å²) in [6.45, 7) is 0.272. The van der Waals surface area contributed by atoms with Crippen LogP contribution in [0.5, 0.6) is 0 Å². The number of hydrogen-bond acceptors (Lipinski definition) is 4. The first-order valence-corrected chi connectivity index (χ1v) is 5.76. The van der Waals surface area contributed by atoms with Crippen molar-refractivity contribution in [1.82, 2.24) is 19.9 Å². The van der Waals surface area contributed by atoms with E-state index in [4.69, 9.17) is 5.73 Å². The standard InChI is InChI=1S/C11H13F2N5/c12-11(13)5-15-3-1-8(11)7-2-4-18-9(7)10(14)16-6-17-18/h2,4,6,8,15H,1,3,5H2,(H2,14,16,17). The highest BCUT2D eigenvalue weighted by Gasteiger charge is 2.43. The van der Waals surface area contributed by atoms with Crippen LogP contribution in [0.2, 0.25) is 0 Å². The zero-order valence-electron chi connectivity index (χ0n) is 9.61. The fraction of sp³-hybridized carbons (Fsp3) is 0.455. The second-order valence-electron chi connectivity index (χ2n) is 4.49. The number of nitrogens with zero attached hydrogens (tertiary/aromatic N) is 3. The van der Waals surface area contributed by atoms with E-state index in [0.717, 1.165) is 0 Å². The maximum atomic E-state index is 13.9. The van der Waals surface area contributed by atoms with Crippen molar-refractivity contribution in [1.29, 1.82) is 0 Å². The number of anilines is 1. The van der Waals surface area contributed by atoms with Gasteiger partial charge >= 0.3 is 0 Å². The lowest BCUT2D eigenvalue weighted by atomic mass is 9.87. The van der Waals surface area contributed by atoms with Crippen LogP contribution in [0.1, 0.15) is 17.9 Å². The third-order valence-electron chi connectivity index (χ3n) is 3.37. The predicted octanol–water partition coefficient (Wildman–Crippen LogP) is 1.02. The summed E-state index contributed by atoms with van der Waals surface area (Å²) in [5.41, 5.74) is 6.78. The van der Waals surface area contributed by atoms with Crippen LogP contribution in [-0.4, -0.2) is 33.6 Å². The van der Waals surface area contributed by atoms with Gasteiger partial charge in [0.05, 0.1) is 12.5 Å². The van der Waals surface area contributed by atoms with E-state index >= 15 is 0 Å². The molecule has 96 valence electrons. The summed E-state index contributed by atoms with van der Waals surface area (Å²) in [6.07, 6.45) is 3.33. The van der Waals surface area contributed by atoms with Crippen LogP contribution >= 0.6 is 0 Å². The molecule has 5 nitrogen and oxygen atoms in total. The van der Waals surface area contributed by atoms with Crippen molar-refractivity contribution in [3.63, 3.8) is 0 Å². The molecule has 0 saturated carbocycles. The van der Waals surface area contributed by atoms with E-state index in [1.165, 1.54) is 10.8 Å². The lowest BCUT2D eigenvalue weighted by molar-refractivity contribution is -0.0415. The van der Waals surface area contributed by atoms with E-state index in [0.29, 0.717) is 24.0 Å². The molecule has 1 saturated heterocycles. The van der Waals surface area contributed by atoms with E-state index in [9.17, 15) is 8.78 Å². The fourth-order valence-corrected chi connectivity index (χ4v) is 2.50. The number of halogens is 2. The Bertz CT molecular complexity index is 580. The van der Waals surface area contributed by atoms with Gasteiger partial charge in [0, 0.05) is 6.20 Å². The van der Waals surface area contributed by atoms with Gasteiger partial charge in [-0.05, 0) is 24.6 Å². The number of rotatable bonds is 1. The number of nitrogen functional groups attached to an aromatic ring is 1. The van der Waals surface area contributed by atoms with Gasteiger partial charge < -0.3 is 11.1 Å². The fourth-order valence-electron chi connectivity index (χ4n) is 2.50. The number of piperidine rings is 1. The van der Waals surface area contributed by atoms with E-state index < -0.39 is 11.8 Å². The van der Waals surface area contributed by atoms with Gasteiger partial charge in [0.2, 0.25) is 0 Å². The van der Waals surface area contributed by atoms with Crippen molar-refractivity contribution in [3.05, 3.63) is 24.2 Å². The minimum atomic E-state index is -2.78. The molecule has 0 radical (unpaired) electrons. The van der Waals surface area contributed by atoms with Crippen LogP contribution in [-0.2, 0) is 0 Å². The molecule has 3 heterocycles. The monoisotopic (exact) mass is 253 g/mol. The van der Waals surface area contributed by atoms with Crippen LogP contribution in [0.3, 0.4) is 0 Å². The van der Waals surface area contributed by atoms with Crippen LogP contribution < -0.4 is 11.1 Å². The predicted molar refractivity (Wildman–Crippen MR) is 62.6 cm³/mol. The average Bonchev–Trinajstić information content (AvgIpc) is 2.73. The molecular weight excluding hydrogens is 240 g/mol. The Morgan fingerprint density at radius 2 is 2.33 bits per heavy atom. The summed E-state index contributed by atoms with van der Waals surface area (Å²) >= 11 is 0. The first kappa shape index (κ1) is 11.3. The van der Waals surface area contributed by atoms with Crippen molar-refractivity contribution in [3.8, 4) is 0 Å². The highest BCUT2D eigenvalue weighted by molar-refractivity contribution is 5.71. The summed E-state index contributed by atoms with van der Waals surface area (Å²) in [6, 6.07) is 1.66. The molecule has 0 bridgehead atoms. The van der Waals surface area contributed by atoms with Gasteiger partial charge in [0.1, 0.15) is 11.8 Å². The van der Waals surface area contributed by atoms with Gasteiger partial charge in [-0.15, -0.1) is 0 Å². The Morgan fingerprint density at radius 3 is 3.11 bits per heavy atom. The molecule has 0 amide bonds. The van der Waals surface area contributed by atoms with Crippen molar-refractivity contribution in [2.24, 2.45) is 0 Å². The van der Waals surface area contributed by atoms with Gasteiger partial charge in [0.15, 0.2) is 5.82 Å². The van der Waals surface area contributed by atoms with E-state index in [1.54, 1.807) is 12.3 Å². The molecular formula is C11H13F2N5. The lowest BCUT2D eigenvalue weighted by Crippen LogP contribution is -2.44. The zero-order chi connectivity index (χ0) is 12.8. The molecule has 0 spiro atoms. The molecule has 1 fully saturated rings. The topological polar surface area (TPSA) is 68.2 Å². The minimum absolute atomic E-state index is 0.235. The number of alkyl halides is 2. The number of nitrogens with one attached hydrogen (secondary N) is 1. The average molecular weight is 253 g/mol. The molecule has 7 heteroatoms. The maximum Gasteiger partial charge on any atom is 0.267 e. The number of nitrogens with two attached hydrogens (primary N) is 1. The maximum absolute atomic E-state index is 13.9. The van der Waals surface area contributed by atoms with Crippen molar-refractivity contribution < 1.29 is 8.78 Å². The smallest absolute Gasteiger partial charge is 0.267 e. The van der Waals surface area contributed by atoms with Crippen LogP contribution in [0, 0.1) is 0 Å². The third kappa shape index (κ3) is 1.62. The summed E-state index contributed by atoms with van der Waals surface area (Å²) in [5.74, 6) is -3.38. The Morgan fingerprint density at radius 1 is 1.50 bits per heavy atom. The van der Waals surface area contributed by atoms with Gasteiger partial charge in [0.25, 0.3) is 5.92 Å². The zero-order valence-corrected chi connectivity index (χ0v) is 9.61. The minimum Gasteiger partial charge on any atom is -0.382 e. The molecule has 2 aromatic heterocycles. The van der Waals surface area contributed by atoms with E-state index in [1.807, 2.05) is 0 Å². The number of hydrogen-bond donors (Lipinski definition) is 2. The SMILES string of the molecule is Nc1ncnn2ccc(C3CCNCC3(F)F)c12. The third-order valence-corrected chi connectivity index (χ3v) is 3.37. The Kier molecular flexibility index (Phi) is 2.44.